The molecule has 0 aromatic rings. The summed E-state index contributed by atoms with van der Waals surface area (Å²) in [5.74, 6) is 2.51. The SMILES string of the molecule is C#CC[C@@H](O)[C@H]1CCN(C(=O)OC(C)(C)C)C1. The van der Waals surface area contributed by atoms with Crippen molar-refractivity contribution >= 4 is 6.09 Å². The van der Waals surface area contributed by atoms with Gasteiger partial charge in [0.15, 0.2) is 0 Å². The van der Waals surface area contributed by atoms with E-state index in [2.05, 4.69) is 5.92 Å². The molecule has 1 rings (SSSR count). The van der Waals surface area contributed by atoms with Gasteiger partial charge in [0.2, 0.25) is 0 Å². The Bertz CT molecular complexity index is 314. The molecular formula is C13H21NO3. The summed E-state index contributed by atoms with van der Waals surface area (Å²) in [5, 5.41) is 9.76. The monoisotopic (exact) mass is 239 g/mol. The molecule has 0 radical (unpaired) electrons. The Labute approximate surface area is 103 Å². The maximum Gasteiger partial charge on any atom is 0.410 e. The van der Waals surface area contributed by atoms with Crippen molar-refractivity contribution in [1.82, 2.24) is 4.90 Å². The van der Waals surface area contributed by atoms with Crippen LogP contribution in [0.2, 0.25) is 0 Å². The fourth-order valence-electron chi connectivity index (χ4n) is 1.88. The molecule has 0 aliphatic carbocycles. The maximum atomic E-state index is 11.8. The molecule has 0 spiro atoms. The number of hydrogen-bond acceptors (Lipinski definition) is 3. The highest BCUT2D eigenvalue weighted by Crippen LogP contribution is 2.23. The first-order valence-electron chi connectivity index (χ1n) is 5.93. The second-order valence-corrected chi connectivity index (χ2v) is 5.45. The quantitative estimate of drug-likeness (QED) is 0.745. The average molecular weight is 239 g/mol. The molecule has 0 unspecified atom stereocenters. The number of carbonyl (C=O) groups excluding carboxylic acids is 1. The van der Waals surface area contributed by atoms with Gasteiger partial charge in [-0.1, -0.05) is 0 Å². The first-order chi connectivity index (χ1) is 7.83. The minimum Gasteiger partial charge on any atom is -0.444 e. The van der Waals surface area contributed by atoms with Gasteiger partial charge in [0, 0.05) is 25.4 Å². The second-order valence-electron chi connectivity index (χ2n) is 5.45. The third-order valence-electron chi connectivity index (χ3n) is 2.75. The molecular weight excluding hydrogens is 218 g/mol. The summed E-state index contributed by atoms with van der Waals surface area (Å²) in [6, 6.07) is 0. The Kier molecular flexibility index (Phi) is 4.41. The van der Waals surface area contributed by atoms with Gasteiger partial charge < -0.3 is 14.7 Å². The molecule has 1 aliphatic rings. The zero-order chi connectivity index (χ0) is 13.1. The van der Waals surface area contributed by atoms with Crippen molar-refractivity contribution in [1.29, 1.82) is 0 Å². The van der Waals surface area contributed by atoms with Crippen LogP contribution in [0.4, 0.5) is 4.79 Å². The number of rotatable bonds is 2. The summed E-state index contributed by atoms with van der Waals surface area (Å²) in [6.45, 7) is 6.67. The van der Waals surface area contributed by atoms with E-state index in [0.717, 1.165) is 6.42 Å². The standard InChI is InChI=1S/C13H21NO3/c1-5-6-11(15)10-7-8-14(9-10)12(16)17-13(2,3)4/h1,10-11,15H,6-9H2,2-4H3/t10-,11+/m0/s1. The molecule has 1 aliphatic heterocycles. The van der Waals surface area contributed by atoms with Crippen molar-refractivity contribution in [2.24, 2.45) is 5.92 Å². The fraction of sp³-hybridized carbons (Fsp3) is 0.769. The maximum absolute atomic E-state index is 11.8. The summed E-state index contributed by atoms with van der Waals surface area (Å²) < 4.78 is 5.27. The van der Waals surface area contributed by atoms with Crippen molar-refractivity contribution in [2.75, 3.05) is 13.1 Å². The molecule has 0 saturated carbocycles. The van der Waals surface area contributed by atoms with E-state index in [0.29, 0.717) is 19.5 Å². The van der Waals surface area contributed by atoms with Gasteiger partial charge in [-0.05, 0) is 27.2 Å². The number of hydrogen-bond donors (Lipinski definition) is 1. The smallest absolute Gasteiger partial charge is 0.410 e. The minimum atomic E-state index is -0.521. The molecule has 0 aromatic heterocycles. The van der Waals surface area contributed by atoms with E-state index in [1.165, 1.54) is 0 Å². The first kappa shape index (κ1) is 13.9. The van der Waals surface area contributed by atoms with Gasteiger partial charge in [0.05, 0.1) is 6.10 Å². The number of likely N-dealkylation sites (tertiary alicyclic amines) is 1. The van der Waals surface area contributed by atoms with Crippen LogP contribution >= 0.6 is 0 Å². The zero-order valence-corrected chi connectivity index (χ0v) is 10.8. The summed E-state index contributed by atoms with van der Waals surface area (Å²) in [6.07, 6.45) is 5.45. The fourth-order valence-corrected chi connectivity index (χ4v) is 1.88. The Morgan fingerprint density at radius 1 is 1.65 bits per heavy atom. The third-order valence-corrected chi connectivity index (χ3v) is 2.75. The van der Waals surface area contributed by atoms with Gasteiger partial charge in [0.1, 0.15) is 5.60 Å². The molecule has 4 heteroatoms. The van der Waals surface area contributed by atoms with Crippen LogP contribution in [0.15, 0.2) is 0 Å². The first-order valence-corrected chi connectivity index (χ1v) is 5.93. The second kappa shape index (κ2) is 5.42. The molecule has 17 heavy (non-hydrogen) atoms. The molecule has 1 amide bonds. The highest BCUT2D eigenvalue weighted by molar-refractivity contribution is 5.68. The Balaban J connectivity index is 2.45. The lowest BCUT2D eigenvalue weighted by Gasteiger charge is -2.24. The van der Waals surface area contributed by atoms with Gasteiger partial charge in [-0.2, -0.15) is 0 Å². The highest BCUT2D eigenvalue weighted by atomic mass is 16.6. The van der Waals surface area contributed by atoms with Crippen molar-refractivity contribution in [3.63, 3.8) is 0 Å². The van der Waals surface area contributed by atoms with Crippen LogP contribution in [-0.4, -0.2) is 40.9 Å². The largest absolute Gasteiger partial charge is 0.444 e. The molecule has 0 bridgehead atoms. The van der Waals surface area contributed by atoms with E-state index in [1.807, 2.05) is 20.8 Å². The molecule has 96 valence electrons. The van der Waals surface area contributed by atoms with Crippen molar-refractivity contribution in [2.45, 2.75) is 45.3 Å². The van der Waals surface area contributed by atoms with Crippen molar-refractivity contribution in [3.05, 3.63) is 0 Å². The highest BCUT2D eigenvalue weighted by Gasteiger charge is 2.32. The summed E-state index contributed by atoms with van der Waals surface area (Å²) in [7, 11) is 0. The summed E-state index contributed by atoms with van der Waals surface area (Å²) >= 11 is 0. The topological polar surface area (TPSA) is 49.8 Å². The Morgan fingerprint density at radius 3 is 2.82 bits per heavy atom. The van der Waals surface area contributed by atoms with Crippen molar-refractivity contribution < 1.29 is 14.6 Å². The Morgan fingerprint density at radius 2 is 2.29 bits per heavy atom. The van der Waals surface area contributed by atoms with Crippen LogP contribution < -0.4 is 0 Å². The number of aliphatic hydroxyl groups excluding tert-OH is 1. The van der Waals surface area contributed by atoms with Crippen LogP contribution in [0.3, 0.4) is 0 Å². The normalized spacial score (nSPS) is 22.1. The van der Waals surface area contributed by atoms with Crippen LogP contribution in [-0.2, 0) is 4.74 Å². The van der Waals surface area contributed by atoms with E-state index < -0.39 is 11.7 Å². The number of amides is 1. The lowest BCUT2D eigenvalue weighted by molar-refractivity contribution is 0.0270. The number of aliphatic hydroxyl groups is 1. The van der Waals surface area contributed by atoms with E-state index in [1.54, 1.807) is 4.90 Å². The van der Waals surface area contributed by atoms with Crippen LogP contribution in [0, 0.1) is 18.3 Å². The van der Waals surface area contributed by atoms with Crippen molar-refractivity contribution in [3.8, 4) is 12.3 Å². The van der Waals surface area contributed by atoms with Gasteiger partial charge in [-0.15, -0.1) is 12.3 Å². The number of carbonyl (C=O) groups is 1. The van der Waals surface area contributed by atoms with Gasteiger partial charge >= 0.3 is 6.09 Å². The molecule has 1 fully saturated rings. The number of terminal acetylenes is 1. The van der Waals surface area contributed by atoms with Gasteiger partial charge in [0.25, 0.3) is 0 Å². The Hall–Kier alpha value is -1.21. The van der Waals surface area contributed by atoms with Crippen LogP contribution in [0.25, 0.3) is 0 Å². The predicted molar refractivity (Wildman–Crippen MR) is 65.4 cm³/mol. The van der Waals surface area contributed by atoms with E-state index in [9.17, 15) is 9.90 Å². The number of nitrogens with zero attached hydrogens (tertiary/aromatic N) is 1. The lowest BCUT2D eigenvalue weighted by atomic mass is 9.99. The number of ether oxygens (including phenoxy) is 1. The minimum absolute atomic E-state index is 0.0681. The zero-order valence-electron chi connectivity index (χ0n) is 10.8. The predicted octanol–water partition coefficient (Wildman–Crippen LogP) is 1.63. The third kappa shape index (κ3) is 4.27. The molecule has 2 atom stereocenters. The average Bonchev–Trinajstić information content (AvgIpc) is 2.63. The van der Waals surface area contributed by atoms with E-state index >= 15 is 0 Å². The van der Waals surface area contributed by atoms with Gasteiger partial charge in [-0.25, -0.2) is 4.79 Å². The lowest BCUT2D eigenvalue weighted by Crippen LogP contribution is -2.36. The summed E-state index contributed by atoms with van der Waals surface area (Å²) in [5.41, 5.74) is -0.480. The van der Waals surface area contributed by atoms with Crippen LogP contribution in [0.5, 0.6) is 0 Å². The molecule has 0 aromatic carbocycles. The van der Waals surface area contributed by atoms with E-state index in [-0.39, 0.29) is 12.0 Å². The molecule has 1 heterocycles. The van der Waals surface area contributed by atoms with E-state index in [4.69, 9.17) is 11.2 Å². The molecule has 4 nitrogen and oxygen atoms in total. The van der Waals surface area contributed by atoms with Crippen LogP contribution in [0.1, 0.15) is 33.6 Å². The van der Waals surface area contributed by atoms with Gasteiger partial charge in [-0.3, -0.25) is 0 Å². The molecule has 1 saturated heterocycles. The summed E-state index contributed by atoms with van der Waals surface area (Å²) in [4.78, 5) is 13.4. The molecule has 1 N–H and O–H groups in total.